The molecule has 0 aliphatic heterocycles. The quantitative estimate of drug-likeness (QED) is 0.783. The van der Waals surface area contributed by atoms with E-state index in [1.54, 1.807) is 0 Å². The fourth-order valence-corrected chi connectivity index (χ4v) is 1.31. The maximum absolute atomic E-state index is 13.2. The maximum atomic E-state index is 13.2. The zero-order valence-corrected chi connectivity index (χ0v) is 9.77. The van der Waals surface area contributed by atoms with Gasteiger partial charge in [0.15, 0.2) is 0 Å². The molecular weight excluding hydrogens is 231 g/mol. The number of amides is 2. The van der Waals surface area contributed by atoms with E-state index in [0.29, 0.717) is 11.6 Å². The number of urea groups is 1. The number of hydrogen-bond donors (Lipinski definition) is 2. The Balaban J connectivity index is 2.52. The molecule has 0 aromatic heterocycles. The summed E-state index contributed by atoms with van der Waals surface area (Å²) in [5.74, 6) is -0.505. The number of carbonyl (C=O) groups excluding carboxylic acids is 1. The van der Waals surface area contributed by atoms with Gasteiger partial charge in [0.25, 0.3) is 0 Å². The second-order valence-corrected chi connectivity index (χ2v) is 3.80. The van der Waals surface area contributed by atoms with Gasteiger partial charge >= 0.3 is 6.03 Å². The molecule has 0 atom stereocenters. The Kier molecular flexibility index (Phi) is 5.05. The molecule has 0 heterocycles. The monoisotopic (exact) mass is 244 g/mol. The van der Waals surface area contributed by atoms with E-state index < -0.39 is 11.8 Å². The lowest BCUT2D eigenvalue weighted by molar-refractivity contribution is 0.252. The Morgan fingerprint density at radius 3 is 2.94 bits per heavy atom. The third-order valence-electron chi connectivity index (χ3n) is 1.99. The first-order valence-corrected chi connectivity index (χ1v) is 5.51. The van der Waals surface area contributed by atoms with E-state index in [0.717, 1.165) is 12.8 Å². The Bertz CT molecular complexity index is 371. The summed E-state index contributed by atoms with van der Waals surface area (Å²) in [5.41, 5.74) is 0.0847. The van der Waals surface area contributed by atoms with Gasteiger partial charge in [0.05, 0.1) is 5.69 Å². The molecule has 0 unspecified atom stereocenters. The van der Waals surface area contributed by atoms with Crippen molar-refractivity contribution in [3.63, 3.8) is 0 Å². The molecule has 0 fully saturated rings. The average molecular weight is 245 g/mol. The molecule has 1 aromatic rings. The number of unbranched alkanes of at least 4 members (excludes halogenated alkanes) is 1. The summed E-state index contributed by atoms with van der Waals surface area (Å²) in [6, 6.07) is 3.59. The van der Waals surface area contributed by atoms with E-state index in [-0.39, 0.29) is 5.69 Å². The van der Waals surface area contributed by atoms with Crippen LogP contribution in [0, 0.1) is 5.82 Å². The van der Waals surface area contributed by atoms with Crippen molar-refractivity contribution in [1.82, 2.24) is 5.32 Å². The summed E-state index contributed by atoms with van der Waals surface area (Å²) in [4.78, 5) is 11.3. The van der Waals surface area contributed by atoms with E-state index >= 15 is 0 Å². The highest BCUT2D eigenvalue weighted by atomic mass is 35.5. The van der Waals surface area contributed by atoms with Crippen molar-refractivity contribution >= 4 is 23.3 Å². The minimum atomic E-state index is -0.505. The van der Waals surface area contributed by atoms with Gasteiger partial charge in [-0.25, -0.2) is 9.18 Å². The minimum absolute atomic E-state index is 0.0847. The summed E-state index contributed by atoms with van der Waals surface area (Å²) in [6.45, 7) is 2.60. The molecule has 0 saturated heterocycles. The molecule has 2 amide bonds. The van der Waals surface area contributed by atoms with Crippen molar-refractivity contribution in [2.24, 2.45) is 0 Å². The van der Waals surface area contributed by atoms with Crippen LogP contribution in [0.3, 0.4) is 0 Å². The van der Waals surface area contributed by atoms with Gasteiger partial charge in [-0.2, -0.15) is 0 Å². The van der Waals surface area contributed by atoms with Gasteiger partial charge in [0.1, 0.15) is 5.82 Å². The first kappa shape index (κ1) is 12.8. The molecular formula is C11H14ClFN2O. The minimum Gasteiger partial charge on any atom is -0.338 e. The number of nitrogens with one attached hydrogen (secondary N) is 2. The molecule has 0 saturated carbocycles. The fourth-order valence-electron chi connectivity index (χ4n) is 1.14. The maximum Gasteiger partial charge on any atom is 0.319 e. The number of carbonyl (C=O) groups is 1. The topological polar surface area (TPSA) is 41.1 Å². The molecule has 0 aliphatic carbocycles. The normalized spacial score (nSPS) is 9.94. The number of halogens is 2. The molecule has 1 rings (SSSR count). The molecule has 0 radical (unpaired) electrons. The Morgan fingerprint density at radius 2 is 2.25 bits per heavy atom. The number of anilines is 1. The van der Waals surface area contributed by atoms with Crippen LogP contribution >= 0.6 is 11.6 Å². The molecule has 16 heavy (non-hydrogen) atoms. The molecule has 5 heteroatoms. The van der Waals surface area contributed by atoms with Gasteiger partial charge in [-0.3, -0.25) is 0 Å². The number of hydrogen-bond acceptors (Lipinski definition) is 1. The van der Waals surface area contributed by atoms with Crippen molar-refractivity contribution in [1.29, 1.82) is 0 Å². The van der Waals surface area contributed by atoms with E-state index in [1.165, 1.54) is 18.2 Å². The van der Waals surface area contributed by atoms with Gasteiger partial charge < -0.3 is 10.6 Å². The van der Waals surface area contributed by atoms with Crippen molar-refractivity contribution in [3.05, 3.63) is 29.0 Å². The van der Waals surface area contributed by atoms with Crippen LogP contribution in [0.5, 0.6) is 0 Å². The van der Waals surface area contributed by atoms with E-state index in [4.69, 9.17) is 11.6 Å². The number of benzene rings is 1. The van der Waals surface area contributed by atoms with Crippen molar-refractivity contribution in [2.75, 3.05) is 11.9 Å². The second-order valence-electron chi connectivity index (χ2n) is 3.36. The van der Waals surface area contributed by atoms with Gasteiger partial charge in [0.2, 0.25) is 0 Å². The van der Waals surface area contributed by atoms with Crippen LogP contribution < -0.4 is 10.6 Å². The van der Waals surface area contributed by atoms with E-state index in [9.17, 15) is 9.18 Å². The van der Waals surface area contributed by atoms with Crippen LogP contribution in [-0.4, -0.2) is 12.6 Å². The highest BCUT2D eigenvalue weighted by molar-refractivity contribution is 6.30. The zero-order valence-electron chi connectivity index (χ0n) is 9.02. The van der Waals surface area contributed by atoms with E-state index in [1.807, 2.05) is 6.92 Å². The predicted molar refractivity (Wildman–Crippen MR) is 63.3 cm³/mol. The van der Waals surface area contributed by atoms with Crippen LogP contribution in [-0.2, 0) is 0 Å². The lowest BCUT2D eigenvalue weighted by atomic mass is 10.3. The van der Waals surface area contributed by atoms with Crippen molar-refractivity contribution in [3.8, 4) is 0 Å². The van der Waals surface area contributed by atoms with Gasteiger partial charge in [0, 0.05) is 11.6 Å². The lowest BCUT2D eigenvalue weighted by Gasteiger charge is -2.08. The Hall–Kier alpha value is -1.29. The largest absolute Gasteiger partial charge is 0.338 e. The first-order chi connectivity index (χ1) is 7.63. The average Bonchev–Trinajstić information content (AvgIpc) is 2.24. The SMILES string of the molecule is CCCCNC(=O)Nc1cc(Cl)ccc1F. The summed E-state index contributed by atoms with van der Waals surface area (Å²) >= 11 is 5.69. The van der Waals surface area contributed by atoms with Crippen LogP contribution in [0.2, 0.25) is 5.02 Å². The third-order valence-corrected chi connectivity index (χ3v) is 2.23. The summed E-state index contributed by atoms with van der Waals surface area (Å²) in [6.07, 6.45) is 1.89. The Morgan fingerprint density at radius 1 is 1.50 bits per heavy atom. The summed E-state index contributed by atoms with van der Waals surface area (Å²) < 4.78 is 13.2. The molecule has 1 aromatic carbocycles. The molecule has 0 bridgehead atoms. The van der Waals surface area contributed by atoms with E-state index in [2.05, 4.69) is 10.6 Å². The molecule has 2 N–H and O–H groups in total. The fraction of sp³-hybridized carbons (Fsp3) is 0.364. The highest BCUT2D eigenvalue weighted by Crippen LogP contribution is 2.19. The smallest absolute Gasteiger partial charge is 0.319 e. The Labute approximate surface area is 99.0 Å². The predicted octanol–water partition coefficient (Wildman–Crippen LogP) is 3.40. The molecule has 3 nitrogen and oxygen atoms in total. The highest BCUT2D eigenvalue weighted by Gasteiger charge is 2.06. The summed E-state index contributed by atoms with van der Waals surface area (Å²) in [5, 5.41) is 5.40. The van der Waals surface area contributed by atoms with Gasteiger partial charge in [-0.1, -0.05) is 24.9 Å². The standard InChI is InChI=1S/C11H14ClFN2O/c1-2-3-6-14-11(16)15-10-7-8(12)4-5-9(10)13/h4-5,7H,2-3,6H2,1H3,(H2,14,15,16). The van der Waals surface area contributed by atoms with Crippen molar-refractivity contribution in [2.45, 2.75) is 19.8 Å². The van der Waals surface area contributed by atoms with Crippen LogP contribution in [0.25, 0.3) is 0 Å². The van der Waals surface area contributed by atoms with Gasteiger partial charge in [-0.05, 0) is 24.6 Å². The van der Waals surface area contributed by atoms with Crippen LogP contribution in [0.1, 0.15) is 19.8 Å². The van der Waals surface area contributed by atoms with Gasteiger partial charge in [-0.15, -0.1) is 0 Å². The zero-order chi connectivity index (χ0) is 12.0. The van der Waals surface area contributed by atoms with Crippen LogP contribution in [0.4, 0.5) is 14.9 Å². The molecule has 0 aliphatic rings. The third kappa shape index (κ3) is 4.06. The second kappa shape index (κ2) is 6.33. The molecule has 0 spiro atoms. The summed E-state index contributed by atoms with van der Waals surface area (Å²) in [7, 11) is 0. The van der Waals surface area contributed by atoms with Crippen molar-refractivity contribution < 1.29 is 9.18 Å². The first-order valence-electron chi connectivity index (χ1n) is 5.13. The number of rotatable bonds is 4. The lowest BCUT2D eigenvalue weighted by Crippen LogP contribution is -2.29. The molecule has 88 valence electrons. The van der Waals surface area contributed by atoms with Crippen LogP contribution in [0.15, 0.2) is 18.2 Å².